The molecule has 1 aromatic rings. The summed E-state index contributed by atoms with van der Waals surface area (Å²) in [6.07, 6.45) is 5.82. The zero-order valence-corrected chi connectivity index (χ0v) is 19.8. The topological polar surface area (TPSA) is 78.0 Å². The van der Waals surface area contributed by atoms with E-state index in [-0.39, 0.29) is 17.7 Å². The smallest absolute Gasteiger partial charge is 0.246 e. The number of carbonyl (C=O) groups excluding carboxylic acids is 2. The lowest BCUT2D eigenvalue weighted by atomic mass is 9.88. The maximum atomic E-state index is 13.0. The fourth-order valence-corrected chi connectivity index (χ4v) is 5.87. The third-order valence-electron chi connectivity index (χ3n) is 6.20. The summed E-state index contributed by atoms with van der Waals surface area (Å²) in [5.41, 5.74) is 2.17. The molecular formula is C23H33N3O4S. The van der Waals surface area contributed by atoms with Crippen LogP contribution in [0.4, 0.5) is 0 Å². The molecule has 0 bridgehead atoms. The van der Waals surface area contributed by atoms with Crippen LogP contribution >= 0.6 is 0 Å². The molecule has 31 heavy (non-hydrogen) atoms. The van der Waals surface area contributed by atoms with Crippen LogP contribution in [-0.2, 0) is 26.0 Å². The number of likely N-dealkylation sites (N-methyl/N-ethyl adjacent to an activating group) is 1. The molecule has 2 aliphatic heterocycles. The average Bonchev–Trinajstić information content (AvgIpc) is 3.20. The Kier molecular flexibility index (Phi) is 6.91. The molecule has 2 heterocycles. The highest BCUT2D eigenvalue weighted by atomic mass is 32.2. The van der Waals surface area contributed by atoms with E-state index in [2.05, 4.69) is 17.0 Å². The van der Waals surface area contributed by atoms with Crippen molar-refractivity contribution < 1.29 is 18.0 Å². The lowest BCUT2D eigenvalue weighted by Crippen LogP contribution is -2.43. The van der Waals surface area contributed by atoms with Gasteiger partial charge in [-0.15, -0.1) is 0 Å². The molecule has 8 heteroatoms. The first-order valence-electron chi connectivity index (χ1n) is 10.8. The standard InChI is InChI=1S/C23H33N3O4S/c1-16(2)21-22-19(26(23(21)28)31(5,29)30)13-15-25(22)20(27)11-10-17-6-8-18(9-7-17)12-14-24(3)4/h6-11,16,19,21-22H,12-15H2,1-5H3/t19-,21+,22-/m0/s1. The van der Waals surface area contributed by atoms with Gasteiger partial charge in [-0.1, -0.05) is 38.1 Å². The highest BCUT2D eigenvalue weighted by Gasteiger charge is 2.58. The number of benzene rings is 1. The van der Waals surface area contributed by atoms with E-state index in [1.165, 1.54) is 11.6 Å². The van der Waals surface area contributed by atoms with Crippen molar-refractivity contribution in [2.75, 3.05) is 33.4 Å². The lowest BCUT2D eigenvalue weighted by molar-refractivity contribution is -0.131. The molecule has 1 aromatic carbocycles. The van der Waals surface area contributed by atoms with Gasteiger partial charge in [-0.05, 0) is 50.1 Å². The van der Waals surface area contributed by atoms with E-state index in [9.17, 15) is 18.0 Å². The summed E-state index contributed by atoms with van der Waals surface area (Å²) in [6, 6.07) is 7.23. The van der Waals surface area contributed by atoms with Crippen molar-refractivity contribution in [1.82, 2.24) is 14.1 Å². The number of rotatable bonds is 7. The predicted octanol–water partition coefficient (Wildman–Crippen LogP) is 1.85. The summed E-state index contributed by atoms with van der Waals surface area (Å²) < 4.78 is 25.5. The quantitative estimate of drug-likeness (QED) is 0.596. The van der Waals surface area contributed by atoms with Crippen molar-refractivity contribution in [2.45, 2.75) is 38.8 Å². The molecule has 0 saturated carbocycles. The third kappa shape index (κ3) is 5.01. The van der Waals surface area contributed by atoms with Gasteiger partial charge in [0, 0.05) is 19.2 Å². The van der Waals surface area contributed by atoms with Gasteiger partial charge in [-0.25, -0.2) is 12.7 Å². The second-order valence-corrected chi connectivity index (χ2v) is 11.0. The van der Waals surface area contributed by atoms with Crippen LogP contribution in [0.1, 0.15) is 31.4 Å². The SMILES string of the molecule is CC(C)[C@H]1C(=O)N(S(C)(=O)=O)[C@H]2CCN(C(=O)C=Cc3ccc(CCN(C)C)cc3)[C@H]12. The van der Waals surface area contributed by atoms with Gasteiger partial charge in [0.15, 0.2) is 0 Å². The summed E-state index contributed by atoms with van der Waals surface area (Å²) in [6.45, 7) is 5.23. The summed E-state index contributed by atoms with van der Waals surface area (Å²) in [5, 5.41) is 0. The van der Waals surface area contributed by atoms with Gasteiger partial charge in [0.05, 0.1) is 24.3 Å². The molecule has 2 saturated heterocycles. The molecule has 0 aliphatic carbocycles. The molecule has 0 spiro atoms. The van der Waals surface area contributed by atoms with Crippen LogP contribution in [0.5, 0.6) is 0 Å². The number of carbonyl (C=O) groups is 2. The van der Waals surface area contributed by atoms with E-state index >= 15 is 0 Å². The minimum Gasteiger partial charge on any atom is -0.333 e. The van der Waals surface area contributed by atoms with Crippen LogP contribution in [-0.4, -0.2) is 79.9 Å². The van der Waals surface area contributed by atoms with Gasteiger partial charge < -0.3 is 9.80 Å². The Morgan fingerprint density at radius 3 is 2.42 bits per heavy atom. The van der Waals surface area contributed by atoms with Crippen LogP contribution in [0.25, 0.3) is 6.08 Å². The molecular weight excluding hydrogens is 414 g/mol. The summed E-state index contributed by atoms with van der Waals surface area (Å²) in [4.78, 5) is 29.7. The number of fused-ring (bicyclic) bond motifs is 1. The van der Waals surface area contributed by atoms with E-state index in [0.29, 0.717) is 13.0 Å². The maximum Gasteiger partial charge on any atom is 0.246 e. The molecule has 3 rings (SSSR count). The van der Waals surface area contributed by atoms with Crippen molar-refractivity contribution in [2.24, 2.45) is 11.8 Å². The normalized spacial score (nSPS) is 24.1. The van der Waals surface area contributed by atoms with Crippen LogP contribution in [0.3, 0.4) is 0 Å². The molecule has 0 N–H and O–H groups in total. The van der Waals surface area contributed by atoms with Gasteiger partial charge in [0.1, 0.15) is 0 Å². The monoisotopic (exact) mass is 447 g/mol. The van der Waals surface area contributed by atoms with Gasteiger partial charge >= 0.3 is 0 Å². The number of likely N-dealkylation sites (tertiary alicyclic amines) is 1. The Bertz CT molecular complexity index is 954. The summed E-state index contributed by atoms with van der Waals surface area (Å²) >= 11 is 0. The Labute approximate surface area is 185 Å². The van der Waals surface area contributed by atoms with Gasteiger partial charge in [0.25, 0.3) is 0 Å². The lowest BCUT2D eigenvalue weighted by Gasteiger charge is -2.28. The zero-order chi connectivity index (χ0) is 22.9. The van der Waals surface area contributed by atoms with Crippen LogP contribution in [0.15, 0.2) is 30.3 Å². The fourth-order valence-electron chi connectivity index (χ4n) is 4.70. The first kappa shape index (κ1) is 23.5. The molecule has 3 atom stereocenters. The average molecular weight is 448 g/mol. The van der Waals surface area contributed by atoms with Crippen molar-refractivity contribution >= 4 is 27.9 Å². The second kappa shape index (κ2) is 9.12. The highest BCUT2D eigenvalue weighted by molar-refractivity contribution is 7.88. The number of nitrogens with zero attached hydrogens (tertiary/aromatic N) is 3. The van der Waals surface area contributed by atoms with Crippen molar-refractivity contribution in [1.29, 1.82) is 0 Å². The summed E-state index contributed by atoms with van der Waals surface area (Å²) in [7, 11) is 0.422. The van der Waals surface area contributed by atoms with Crippen LogP contribution in [0.2, 0.25) is 0 Å². The van der Waals surface area contributed by atoms with E-state index in [0.717, 1.165) is 29.1 Å². The molecule has 2 aliphatic rings. The van der Waals surface area contributed by atoms with E-state index in [4.69, 9.17) is 0 Å². The van der Waals surface area contributed by atoms with Crippen LogP contribution in [0, 0.1) is 11.8 Å². The molecule has 2 amide bonds. The molecule has 0 radical (unpaired) electrons. The number of sulfonamides is 1. The van der Waals surface area contributed by atoms with Crippen molar-refractivity contribution in [3.05, 3.63) is 41.5 Å². The predicted molar refractivity (Wildman–Crippen MR) is 122 cm³/mol. The van der Waals surface area contributed by atoms with Crippen molar-refractivity contribution in [3.8, 4) is 0 Å². The minimum atomic E-state index is -3.67. The third-order valence-corrected chi connectivity index (χ3v) is 7.36. The summed E-state index contributed by atoms with van der Waals surface area (Å²) in [5.74, 6) is -1.13. The second-order valence-electron chi connectivity index (χ2n) is 9.17. The van der Waals surface area contributed by atoms with Gasteiger partial charge in [-0.3, -0.25) is 9.59 Å². The Balaban J connectivity index is 1.74. The van der Waals surface area contributed by atoms with E-state index < -0.39 is 28.0 Å². The Morgan fingerprint density at radius 2 is 1.87 bits per heavy atom. The molecule has 0 aromatic heterocycles. The van der Waals surface area contributed by atoms with E-state index in [1.54, 1.807) is 11.0 Å². The molecule has 2 fully saturated rings. The first-order valence-corrected chi connectivity index (χ1v) is 12.6. The molecule has 7 nitrogen and oxygen atoms in total. The van der Waals surface area contributed by atoms with Crippen LogP contribution < -0.4 is 0 Å². The maximum absolute atomic E-state index is 13.0. The largest absolute Gasteiger partial charge is 0.333 e. The number of amides is 2. The first-order chi connectivity index (χ1) is 14.5. The fraction of sp³-hybridized carbons (Fsp3) is 0.565. The number of hydrogen-bond donors (Lipinski definition) is 0. The van der Waals surface area contributed by atoms with Gasteiger partial charge in [0.2, 0.25) is 21.8 Å². The van der Waals surface area contributed by atoms with E-state index in [1.807, 2.05) is 40.1 Å². The van der Waals surface area contributed by atoms with Gasteiger partial charge in [-0.2, -0.15) is 0 Å². The van der Waals surface area contributed by atoms with Crippen molar-refractivity contribution in [3.63, 3.8) is 0 Å². The zero-order valence-electron chi connectivity index (χ0n) is 19.0. The Hall–Kier alpha value is -2.19. The molecule has 170 valence electrons. The minimum absolute atomic E-state index is 0.0566. The Morgan fingerprint density at radius 1 is 1.23 bits per heavy atom. The number of hydrogen-bond acceptors (Lipinski definition) is 5. The highest BCUT2D eigenvalue weighted by Crippen LogP contribution is 2.41. The molecule has 0 unspecified atom stereocenters.